The summed E-state index contributed by atoms with van der Waals surface area (Å²) in [4.78, 5) is 0.0604. The van der Waals surface area contributed by atoms with Crippen molar-refractivity contribution in [1.82, 2.24) is 4.72 Å². The SMILES string of the molecule is CNS(=O)(=O)c1ccc(Nc2ccc(F)c(Cl)c2)c(N)c1. The van der Waals surface area contributed by atoms with Crippen LogP contribution in [0.25, 0.3) is 0 Å². The van der Waals surface area contributed by atoms with E-state index in [2.05, 4.69) is 10.0 Å². The van der Waals surface area contributed by atoms with E-state index in [1.54, 1.807) is 0 Å². The van der Waals surface area contributed by atoms with Crippen LogP contribution >= 0.6 is 11.6 Å². The van der Waals surface area contributed by atoms with Crippen molar-refractivity contribution in [2.75, 3.05) is 18.1 Å². The number of hydrogen-bond donors (Lipinski definition) is 3. The van der Waals surface area contributed by atoms with Gasteiger partial charge in [-0.1, -0.05) is 11.6 Å². The number of benzene rings is 2. The molecular formula is C13H13ClFN3O2S. The fourth-order valence-corrected chi connectivity index (χ4v) is 2.61. The molecule has 0 aliphatic rings. The summed E-state index contributed by atoms with van der Waals surface area (Å²) < 4.78 is 38.6. The maximum Gasteiger partial charge on any atom is 0.240 e. The molecule has 0 spiro atoms. The minimum absolute atomic E-state index is 0.0204. The summed E-state index contributed by atoms with van der Waals surface area (Å²) >= 11 is 5.69. The van der Waals surface area contributed by atoms with E-state index in [0.717, 1.165) is 0 Å². The lowest BCUT2D eigenvalue weighted by atomic mass is 10.2. The van der Waals surface area contributed by atoms with Gasteiger partial charge >= 0.3 is 0 Å². The average molecular weight is 330 g/mol. The van der Waals surface area contributed by atoms with E-state index < -0.39 is 15.8 Å². The number of hydrogen-bond acceptors (Lipinski definition) is 4. The summed E-state index contributed by atoms with van der Waals surface area (Å²) in [6.07, 6.45) is 0. The van der Waals surface area contributed by atoms with Gasteiger partial charge in [0.05, 0.1) is 21.3 Å². The number of nitrogen functional groups attached to an aromatic ring is 1. The van der Waals surface area contributed by atoms with Gasteiger partial charge in [0.15, 0.2) is 0 Å². The van der Waals surface area contributed by atoms with Crippen LogP contribution in [0.5, 0.6) is 0 Å². The molecule has 5 nitrogen and oxygen atoms in total. The summed E-state index contributed by atoms with van der Waals surface area (Å²) in [5.41, 5.74) is 7.10. The fourth-order valence-electron chi connectivity index (χ4n) is 1.67. The third-order valence-corrected chi connectivity index (χ3v) is 4.50. The second-order valence-corrected chi connectivity index (χ2v) is 6.50. The monoisotopic (exact) mass is 329 g/mol. The lowest BCUT2D eigenvalue weighted by Crippen LogP contribution is -2.18. The molecule has 2 aromatic carbocycles. The molecule has 0 fully saturated rings. The Bertz CT molecular complexity index is 781. The molecule has 0 saturated carbocycles. The number of sulfonamides is 1. The Balaban J connectivity index is 2.31. The van der Waals surface area contributed by atoms with E-state index >= 15 is 0 Å². The van der Waals surface area contributed by atoms with Crippen molar-refractivity contribution in [2.24, 2.45) is 0 Å². The van der Waals surface area contributed by atoms with Crippen molar-refractivity contribution in [3.05, 3.63) is 47.2 Å². The Morgan fingerprint density at radius 2 is 1.90 bits per heavy atom. The summed E-state index contributed by atoms with van der Waals surface area (Å²) in [5, 5.41) is 2.93. The highest BCUT2D eigenvalue weighted by Crippen LogP contribution is 2.27. The molecule has 0 aliphatic heterocycles. The van der Waals surface area contributed by atoms with Crippen LogP contribution in [0.15, 0.2) is 41.3 Å². The van der Waals surface area contributed by atoms with Crippen LogP contribution < -0.4 is 15.8 Å². The van der Waals surface area contributed by atoms with Crippen LogP contribution in [-0.4, -0.2) is 15.5 Å². The van der Waals surface area contributed by atoms with E-state index in [9.17, 15) is 12.8 Å². The molecule has 0 bridgehead atoms. The fraction of sp³-hybridized carbons (Fsp3) is 0.0769. The number of nitrogens with two attached hydrogens (primary N) is 1. The molecule has 8 heteroatoms. The predicted octanol–water partition coefficient (Wildman–Crippen LogP) is 2.71. The molecule has 4 N–H and O–H groups in total. The smallest absolute Gasteiger partial charge is 0.240 e. The van der Waals surface area contributed by atoms with E-state index in [1.165, 1.54) is 43.4 Å². The molecule has 0 aromatic heterocycles. The second kappa shape index (κ2) is 5.88. The standard InChI is InChI=1S/C13H13ClFN3O2S/c1-17-21(19,20)9-3-5-13(12(16)7-9)18-8-2-4-11(15)10(14)6-8/h2-7,17-18H,16H2,1H3. The Morgan fingerprint density at radius 3 is 2.48 bits per heavy atom. The molecule has 2 aromatic rings. The highest BCUT2D eigenvalue weighted by atomic mass is 35.5. The summed E-state index contributed by atoms with van der Waals surface area (Å²) in [7, 11) is -2.23. The van der Waals surface area contributed by atoms with Crippen LogP contribution in [0.4, 0.5) is 21.5 Å². The first-order chi connectivity index (χ1) is 9.83. The Hall–Kier alpha value is -1.83. The predicted molar refractivity (Wildman–Crippen MR) is 81.8 cm³/mol. The van der Waals surface area contributed by atoms with Gasteiger partial charge in [0.1, 0.15) is 5.82 Å². The summed E-state index contributed by atoms with van der Waals surface area (Å²) in [6.45, 7) is 0. The van der Waals surface area contributed by atoms with Crippen LogP contribution in [0.1, 0.15) is 0 Å². The first-order valence-corrected chi connectivity index (χ1v) is 7.75. The van der Waals surface area contributed by atoms with Gasteiger partial charge in [-0.05, 0) is 43.4 Å². The quantitative estimate of drug-likeness (QED) is 0.753. The van der Waals surface area contributed by atoms with Crippen molar-refractivity contribution in [3.8, 4) is 0 Å². The molecule has 0 atom stereocenters. The zero-order chi connectivity index (χ0) is 15.6. The Morgan fingerprint density at radius 1 is 1.19 bits per heavy atom. The number of halogens is 2. The van der Waals surface area contributed by atoms with Crippen LogP contribution in [-0.2, 0) is 10.0 Å². The van der Waals surface area contributed by atoms with Gasteiger partial charge in [0, 0.05) is 5.69 Å². The van der Waals surface area contributed by atoms with Crippen LogP contribution in [0, 0.1) is 5.82 Å². The zero-order valence-electron chi connectivity index (χ0n) is 11.0. The third-order valence-electron chi connectivity index (χ3n) is 2.80. The van der Waals surface area contributed by atoms with E-state index in [-0.39, 0.29) is 15.6 Å². The van der Waals surface area contributed by atoms with Gasteiger partial charge in [0.25, 0.3) is 0 Å². The van der Waals surface area contributed by atoms with Crippen molar-refractivity contribution < 1.29 is 12.8 Å². The molecule has 0 aliphatic carbocycles. The molecule has 112 valence electrons. The molecule has 2 rings (SSSR count). The number of rotatable bonds is 4. The Kier molecular flexibility index (Phi) is 4.36. The molecule has 21 heavy (non-hydrogen) atoms. The molecule has 0 heterocycles. The summed E-state index contributed by atoms with van der Waals surface area (Å²) in [5.74, 6) is -0.523. The molecule has 0 saturated heterocycles. The topological polar surface area (TPSA) is 84.2 Å². The Labute approximate surface area is 127 Å². The average Bonchev–Trinajstić information content (AvgIpc) is 2.45. The van der Waals surface area contributed by atoms with Gasteiger partial charge < -0.3 is 11.1 Å². The first kappa shape index (κ1) is 15.6. The lowest BCUT2D eigenvalue weighted by Gasteiger charge is -2.11. The van der Waals surface area contributed by atoms with E-state index in [1.807, 2.05) is 0 Å². The maximum atomic E-state index is 13.1. The van der Waals surface area contributed by atoms with Crippen molar-refractivity contribution in [2.45, 2.75) is 4.90 Å². The normalized spacial score (nSPS) is 11.4. The molecule has 0 unspecified atom stereocenters. The number of nitrogens with one attached hydrogen (secondary N) is 2. The number of anilines is 3. The van der Waals surface area contributed by atoms with Crippen molar-refractivity contribution >= 4 is 38.7 Å². The zero-order valence-corrected chi connectivity index (χ0v) is 12.6. The van der Waals surface area contributed by atoms with Gasteiger partial charge in [-0.3, -0.25) is 0 Å². The third kappa shape index (κ3) is 3.44. The minimum atomic E-state index is -3.55. The van der Waals surface area contributed by atoms with E-state index in [0.29, 0.717) is 11.4 Å². The molecular weight excluding hydrogens is 317 g/mol. The van der Waals surface area contributed by atoms with Gasteiger partial charge in [0.2, 0.25) is 10.0 Å². The van der Waals surface area contributed by atoms with Crippen molar-refractivity contribution in [1.29, 1.82) is 0 Å². The largest absolute Gasteiger partial charge is 0.397 e. The van der Waals surface area contributed by atoms with Gasteiger partial charge in [-0.2, -0.15) is 0 Å². The van der Waals surface area contributed by atoms with Gasteiger partial charge in [-0.25, -0.2) is 17.5 Å². The van der Waals surface area contributed by atoms with Crippen molar-refractivity contribution in [3.63, 3.8) is 0 Å². The highest BCUT2D eigenvalue weighted by molar-refractivity contribution is 7.89. The highest BCUT2D eigenvalue weighted by Gasteiger charge is 2.13. The van der Waals surface area contributed by atoms with Gasteiger partial charge in [-0.15, -0.1) is 0 Å². The van der Waals surface area contributed by atoms with Crippen LogP contribution in [0.2, 0.25) is 5.02 Å². The maximum absolute atomic E-state index is 13.1. The first-order valence-electron chi connectivity index (χ1n) is 5.88. The van der Waals surface area contributed by atoms with E-state index in [4.69, 9.17) is 17.3 Å². The molecule has 0 radical (unpaired) electrons. The minimum Gasteiger partial charge on any atom is -0.397 e. The lowest BCUT2D eigenvalue weighted by molar-refractivity contribution is 0.588. The second-order valence-electron chi connectivity index (χ2n) is 4.21. The van der Waals surface area contributed by atoms with Crippen LogP contribution in [0.3, 0.4) is 0 Å². The molecule has 0 amide bonds. The summed E-state index contributed by atoms with van der Waals surface area (Å²) in [6, 6.07) is 8.40.